The summed E-state index contributed by atoms with van der Waals surface area (Å²) >= 11 is 0. The van der Waals surface area contributed by atoms with Crippen LogP contribution >= 0.6 is 0 Å². The molecule has 1 unspecified atom stereocenters. The summed E-state index contributed by atoms with van der Waals surface area (Å²) in [4.78, 5) is 6.86. The van der Waals surface area contributed by atoms with Crippen LogP contribution in [0, 0.1) is 5.92 Å². The fourth-order valence-electron chi connectivity index (χ4n) is 2.52. The van der Waals surface area contributed by atoms with E-state index in [1.54, 1.807) is 0 Å². The number of hydrogen-bond donors (Lipinski definition) is 2. The van der Waals surface area contributed by atoms with Crippen molar-refractivity contribution < 1.29 is 0 Å². The van der Waals surface area contributed by atoms with Crippen LogP contribution in [0.15, 0.2) is 4.99 Å². The molecule has 0 aromatic rings. The molecule has 1 fully saturated rings. The Bertz CT molecular complexity index is 247. The molecule has 1 aliphatic rings. The van der Waals surface area contributed by atoms with Gasteiger partial charge in [0.25, 0.3) is 0 Å². The van der Waals surface area contributed by atoms with Gasteiger partial charge in [-0.15, -0.1) is 0 Å². The maximum Gasteiger partial charge on any atom is 0.190 e. The highest BCUT2D eigenvalue weighted by atomic mass is 15.2. The van der Waals surface area contributed by atoms with Gasteiger partial charge < -0.3 is 15.5 Å². The normalized spacial score (nSPS) is 19.2. The van der Waals surface area contributed by atoms with Gasteiger partial charge in [0.1, 0.15) is 0 Å². The fraction of sp³-hybridized carbons (Fsp3) is 0.933. The average Bonchev–Trinajstić information content (AvgIpc) is 2.44. The van der Waals surface area contributed by atoms with Crippen molar-refractivity contribution in [1.29, 1.82) is 0 Å². The third-order valence-corrected chi connectivity index (χ3v) is 3.68. The van der Waals surface area contributed by atoms with Crippen molar-refractivity contribution >= 4 is 5.96 Å². The molecule has 1 saturated heterocycles. The minimum atomic E-state index is 0.669. The number of unbranched alkanes of at least 4 members (excludes halogenated alkanes) is 1. The maximum atomic E-state index is 4.26. The first-order valence-electron chi connectivity index (χ1n) is 7.93. The molecule has 1 rings (SSSR count). The monoisotopic (exact) mass is 268 g/mol. The van der Waals surface area contributed by atoms with Crippen molar-refractivity contribution in [2.45, 2.75) is 46.0 Å². The Kier molecular flexibility index (Phi) is 8.63. The van der Waals surface area contributed by atoms with E-state index >= 15 is 0 Å². The molecule has 0 bridgehead atoms. The molecule has 1 atom stereocenters. The van der Waals surface area contributed by atoms with E-state index in [0.29, 0.717) is 5.92 Å². The molecule has 0 saturated carbocycles. The van der Waals surface area contributed by atoms with Gasteiger partial charge in [-0.3, -0.25) is 4.99 Å². The molecule has 0 spiro atoms. The Morgan fingerprint density at radius 2 is 1.95 bits per heavy atom. The van der Waals surface area contributed by atoms with E-state index in [-0.39, 0.29) is 0 Å². The zero-order valence-corrected chi connectivity index (χ0v) is 13.0. The van der Waals surface area contributed by atoms with Crippen LogP contribution in [-0.2, 0) is 0 Å². The topological polar surface area (TPSA) is 39.7 Å². The maximum absolute atomic E-state index is 4.26. The highest BCUT2D eigenvalue weighted by Gasteiger charge is 2.13. The molecule has 0 aromatic heterocycles. The molecule has 0 amide bonds. The van der Waals surface area contributed by atoms with Crippen molar-refractivity contribution in [2.24, 2.45) is 10.9 Å². The molecule has 1 heterocycles. The van der Waals surface area contributed by atoms with E-state index in [4.69, 9.17) is 0 Å². The number of likely N-dealkylation sites (tertiary alicyclic amines) is 1. The second-order valence-electron chi connectivity index (χ2n) is 5.70. The van der Waals surface area contributed by atoms with Crippen molar-refractivity contribution in [1.82, 2.24) is 15.5 Å². The Hall–Kier alpha value is -0.770. The van der Waals surface area contributed by atoms with Crippen LogP contribution < -0.4 is 10.6 Å². The summed E-state index contributed by atoms with van der Waals surface area (Å²) in [7, 11) is 1.84. The number of rotatable bonds is 7. The zero-order valence-electron chi connectivity index (χ0n) is 13.0. The summed E-state index contributed by atoms with van der Waals surface area (Å²) < 4.78 is 0. The summed E-state index contributed by atoms with van der Waals surface area (Å²) in [6.07, 6.45) is 6.58. The van der Waals surface area contributed by atoms with Gasteiger partial charge in [-0.1, -0.05) is 26.7 Å². The van der Waals surface area contributed by atoms with Crippen LogP contribution in [0.3, 0.4) is 0 Å². The highest BCUT2D eigenvalue weighted by Crippen LogP contribution is 2.10. The van der Waals surface area contributed by atoms with E-state index in [1.165, 1.54) is 51.7 Å². The molecule has 0 aromatic carbocycles. The minimum absolute atomic E-state index is 0.669. The fourth-order valence-corrected chi connectivity index (χ4v) is 2.52. The molecule has 0 radical (unpaired) electrons. The van der Waals surface area contributed by atoms with Crippen molar-refractivity contribution in [3.8, 4) is 0 Å². The standard InChI is InChI=1S/C15H32N4/c1-4-5-9-17-15(16-3)18-12-14(2)13-19-10-7-6-8-11-19/h14H,4-13H2,1-3H3,(H2,16,17,18). The largest absolute Gasteiger partial charge is 0.356 e. The van der Waals surface area contributed by atoms with E-state index in [9.17, 15) is 0 Å². The van der Waals surface area contributed by atoms with E-state index in [2.05, 4.69) is 34.4 Å². The molecule has 112 valence electrons. The SMILES string of the molecule is CCCCNC(=NC)NCC(C)CN1CCCCC1. The molecule has 4 heteroatoms. The predicted octanol–water partition coefficient (Wildman–Crippen LogP) is 2.07. The third kappa shape index (κ3) is 7.41. The number of aliphatic imine (C=N–C) groups is 1. The van der Waals surface area contributed by atoms with Gasteiger partial charge >= 0.3 is 0 Å². The molecule has 4 nitrogen and oxygen atoms in total. The number of hydrogen-bond acceptors (Lipinski definition) is 2. The summed E-state index contributed by atoms with van der Waals surface area (Å²) in [5.74, 6) is 1.61. The van der Waals surface area contributed by atoms with E-state index < -0.39 is 0 Å². The first-order chi connectivity index (χ1) is 9.26. The molecule has 1 aliphatic heterocycles. The second-order valence-corrected chi connectivity index (χ2v) is 5.70. The lowest BCUT2D eigenvalue weighted by molar-refractivity contribution is 0.201. The number of piperidine rings is 1. The molecular formula is C15H32N4. The average molecular weight is 268 g/mol. The molecule has 2 N–H and O–H groups in total. The zero-order chi connectivity index (χ0) is 13.9. The lowest BCUT2D eigenvalue weighted by atomic mass is 10.1. The Morgan fingerprint density at radius 3 is 2.58 bits per heavy atom. The lowest BCUT2D eigenvalue weighted by Gasteiger charge is -2.29. The van der Waals surface area contributed by atoms with Gasteiger partial charge in [-0.05, 0) is 38.3 Å². The van der Waals surface area contributed by atoms with Crippen LogP contribution in [0.1, 0.15) is 46.0 Å². The van der Waals surface area contributed by atoms with Crippen LogP contribution in [-0.4, -0.2) is 50.6 Å². The van der Waals surface area contributed by atoms with Crippen LogP contribution in [0.2, 0.25) is 0 Å². The molecular weight excluding hydrogens is 236 g/mol. The smallest absolute Gasteiger partial charge is 0.190 e. The molecule has 0 aliphatic carbocycles. The highest BCUT2D eigenvalue weighted by molar-refractivity contribution is 5.79. The van der Waals surface area contributed by atoms with Crippen molar-refractivity contribution in [3.63, 3.8) is 0 Å². The van der Waals surface area contributed by atoms with E-state index in [0.717, 1.165) is 19.0 Å². The van der Waals surface area contributed by atoms with Gasteiger partial charge in [-0.2, -0.15) is 0 Å². The van der Waals surface area contributed by atoms with Crippen LogP contribution in [0.4, 0.5) is 0 Å². The number of nitrogens with zero attached hydrogens (tertiary/aromatic N) is 2. The predicted molar refractivity (Wildman–Crippen MR) is 83.7 cm³/mol. The Labute approximate surface area is 119 Å². The van der Waals surface area contributed by atoms with Gasteiger partial charge in [0.15, 0.2) is 5.96 Å². The second kappa shape index (κ2) is 10.1. The summed E-state index contributed by atoms with van der Waals surface area (Å²) in [5.41, 5.74) is 0. The number of guanidine groups is 1. The quantitative estimate of drug-likeness (QED) is 0.422. The van der Waals surface area contributed by atoms with Crippen LogP contribution in [0.25, 0.3) is 0 Å². The summed E-state index contributed by atoms with van der Waals surface area (Å²) in [5, 5.41) is 6.78. The first kappa shape index (κ1) is 16.3. The van der Waals surface area contributed by atoms with Crippen molar-refractivity contribution in [2.75, 3.05) is 39.8 Å². The van der Waals surface area contributed by atoms with Crippen molar-refractivity contribution in [3.05, 3.63) is 0 Å². The van der Waals surface area contributed by atoms with Gasteiger partial charge in [0.05, 0.1) is 0 Å². The Morgan fingerprint density at radius 1 is 1.21 bits per heavy atom. The van der Waals surface area contributed by atoms with Crippen LogP contribution in [0.5, 0.6) is 0 Å². The van der Waals surface area contributed by atoms with E-state index in [1.807, 2.05) is 7.05 Å². The number of nitrogens with one attached hydrogen (secondary N) is 2. The van der Waals surface area contributed by atoms with Gasteiger partial charge in [0.2, 0.25) is 0 Å². The van der Waals surface area contributed by atoms with Gasteiger partial charge in [-0.25, -0.2) is 0 Å². The minimum Gasteiger partial charge on any atom is -0.356 e. The summed E-state index contributed by atoms with van der Waals surface area (Å²) in [6, 6.07) is 0. The summed E-state index contributed by atoms with van der Waals surface area (Å²) in [6.45, 7) is 10.3. The van der Waals surface area contributed by atoms with Gasteiger partial charge in [0, 0.05) is 26.7 Å². The first-order valence-corrected chi connectivity index (χ1v) is 7.93. The molecule has 19 heavy (non-hydrogen) atoms. The lowest BCUT2D eigenvalue weighted by Crippen LogP contribution is -2.42. The third-order valence-electron chi connectivity index (χ3n) is 3.68. The Balaban J connectivity index is 2.14.